The molecule has 12 heteroatoms. The van der Waals surface area contributed by atoms with Crippen LogP contribution in [0.2, 0.25) is 0 Å². The summed E-state index contributed by atoms with van der Waals surface area (Å²) in [5.74, 6) is -0.583. The summed E-state index contributed by atoms with van der Waals surface area (Å²) in [7, 11) is 0. The Kier molecular flexibility index (Phi) is 8.76. The minimum atomic E-state index is -0.573. The van der Waals surface area contributed by atoms with E-state index in [9.17, 15) is 24.5 Å². The van der Waals surface area contributed by atoms with E-state index in [1.807, 2.05) is 13.8 Å². The second-order valence-electron chi connectivity index (χ2n) is 10.4. The summed E-state index contributed by atoms with van der Waals surface area (Å²) < 4.78 is 6.74. The van der Waals surface area contributed by atoms with Gasteiger partial charge in [0.05, 0.1) is 11.1 Å². The van der Waals surface area contributed by atoms with E-state index in [-0.39, 0.29) is 23.2 Å². The van der Waals surface area contributed by atoms with E-state index >= 15 is 0 Å². The van der Waals surface area contributed by atoms with Crippen molar-refractivity contribution < 1.29 is 24.0 Å². The number of nitro groups is 1. The molecule has 2 aromatic heterocycles. The molecule has 4 N–H and O–H groups in total. The Hall–Kier alpha value is -4.35. The van der Waals surface area contributed by atoms with E-state index in [1.165, 1.54) is 12.3 Å². The number of amides is 3. The van der Waals surface area contributed by atoms with Crippen LogP contribution >= 0.6 is 0 Å². The van der Waals surface area contributed by atoms with Gasteiger partial charge >= 0.3 is 6.09 Å². The van der Waals surface area contributed by atoms with E-state index < -0.39 is 22.5 Å². The lowest BCUT2D eigenvalue weighted by Gasteiger charge is -2.19. The average Bonchev–Trinajstić information content (AvgIpc) is 3.41. The van der Waals surface area contributed by atoms with Crippen molar-refractivity contribution in [1.82, 2.24) is 20.2 Å². The van der Waals surface area contributed by atoms with Gasteiger partial charge in [0.15, 0.2) is 0 Å². The number of aromatic amines is 1. The molecule has 0 aliphatic heterocycles. The van der Waals surface area contributed by atoms with Gasteiger partial charge in [0.1, 0.15) is 17.0 Å². The molecule has 1 aromatic carbocycles. The molecular formula is C26H34N6O6. The number of carbonyl (C=O) groups excluding carboxylic acids is 3. The van der Waals surface area contributed by atoms with E-state index in [0.717, 1.165) is 5.39 Å². The zero-order chi connectivity index (χ0) is 28.0. The van der Waals surface area contributed by atoms with Crippen molar-refractivity contribution >= 4 is 40.2 Å². The molecule has 3 amide bonds. The van der Waals surface area contributed by atoms with Gasteiger partial charge in [-0.1, -0.05) is 19.9 Å². The Morgan fingerprint density at radius 1 is 1.08 bits per heavy atom. The Balaban J connectivity index is 1.59. The number of hydrogen-bond acceptors (Lipinski definition) is 6. The van der Waals surface area contributed by atoms with Crippen LogP contribution in [0, 0.1) is 16.0 Å². The van der Waals surface area contributed by atoms with Crippen LogP contribution in [-0.4, -0.2) is 51.1 Å². The third-order valence-electron chi connectivity index (χ3n) is 5.32. The summed E-state index contributed by atoms with van der Waals surface area (Å²) in [5.41, 5.74) is 0.943. The number of rotatable bonds is 10. The van der Waals surface area contributed by atoms with Crippen LogP contribution in [0.25, 0.3) is 10.9 Å². The van der Waals surface area contributed by atoms with Gasteiger partial charge in [-0.05, 0) is 51.3 Å². The molecule has 0 spiro atoms. The molecule has 12 nitrogen and oxygen atoms in total. The van der Waals surface area contributed by atoms with Gasteiger partial charge in [0.25, 0.3) is 17.5 Å². The minimum Gasteiger partial charge on any atom is -0.444 e. The number of fused-ring (bicyclic) bond motifs is 1. The monoisotopic (exact) mass is 526 g/mol. The van der Waals surface area contributed by atoms with Crippen LogP contribution in [0.3, 0.4) is 0 Å². The standard InChI is InChI=1S/C26H34N6O6/c1-16(2)14-31-15-19(32(36)37)13-22(31)24(34)29-18-8-7-17-11-21(30-20(17)12-18)23(33)27-9-6-10-28-25(35)38-26(3,4)5/h7-8,11-13,15-16,30H,6,9-10,14H2,1-5H3,(H,27,33)(H,28,35)(H,29,34). The van der Waals surface area contributed by atoms with E-state index in [0.29, 0.717) is 43.0 Å². The highest BCUT2D eigenvalue weighted by Gasteiger charge is 2.20. The summed E-state index contributed by atoms with van der Waals surface area (Å²) >= 11 is 0. The van der Waals surface area contributed by atoms with Crippen LogP contribution in [-0.2, 0) is 11.3 Å². The maximum absolute atomic E-state index is 12.9. The third kappa shape index (κ3) is 7.82. The lowest BCUT2D eigenvalue weighted by molar-refractivity contribution is -0.384. The normalized spacial score (nSPS) is 11.4. The summed E-state index contributed by atoms with van der Waals surface area (Å²) in [6.07, 6.45) is 1.38. The first-order valence-corrected chi connectivity index (χ1v) is 12.4. The summed E-state index contributed by atoms with van der Waals surface area (Å²) in [6, 6.07) is 8.11. The second kappa shape index (κ2) is 11.8. The van der Waals surface area contributed by atoms with Gasteiger partial charge in [-0.3, -0.25) is 19.7 Å². The average molecular weight is 527 g/mol. The SMILES string of the molecule is CC(C)Cn1cc([N+](=O)[O-])cc1C(=O)Nc1ccc2cc(C(=O)NCCCNC(=O)OC(C)(C)C)[nH]c2c1. The molecule has 0 bridgehead atoms. The number of H-pyrrole nitrogens is 1. The molecule has 0 fully saturated rings. The number of ether oxygens (including phenoxy) is 1. The molecule has 2 heterocycles. The van der Waals surface area contributed by atoms with Crippen LogP contribution in [0.1, 0.15) is 62.0 Å². The fourth-order valence-electron chi connectivity index (χ4n) is 3.74. The fraction of sp³-hybridized carbons (Fsp3) is 0.423. The largest absolute Gasteiger partial charge is 0.444 e. The van der Waals surface area contributed by atoms with Crippen molar-refractivity contribution in [3.8, 4) is 0 Å². The van der Waals surface area contributed by atoms with Gasteiger partial charge in [0.2, 0.25) is 0 Å². The molecule has 0 aliphatic carbocycles. The molecule has 3 rings (SSSR count). The van der Waals surface area contributed by atoms with Crippen LogP contribution in [0.5, 0.6) is 0 Å². The highest BCUT2D eigenvalue weighted by Crippen LogP contribution is 2.23. The Morgan fingerprint density at radius 3 is 2.45 bits per heavy atom. The molecule has 3 aromatic rings. The number of anilines is 1. The van der Waals surface area contributed by atoms with Crippen molar-refractivity contribution in [2.45, 2.75) is 53.2 Å². The van der Waals surface area contributed by atoms with Crippen molar-refractivity contribution in [2.24, 2.45) is 5.92 Å². The molecule has 0 saturated heterocycles. The third-order valence-corrected chi connectivity index (χ3v) is 5.32. The highest BCUT2D eigenvalue weighted by atomic mass is 16.6. The molecule has 0 aliphatic rings. The first-order valence-electron chi connectivity index (χ1n) is 12.4. The zero-order valence-electron chi connectivity index (χ0n) is 22.2. The first kappa shape index (κ1) is 28.2. The molecular weight excluding hydrogens is 492 g/mol. The van der Waals surface area contributed by atoms with Gasteiger partial charge in [0, 0.05) is 42.3 Å². The van der Waals surface area contributed by atoms with E-state index in [2.05, 4.69) is 20.9 Å². The summed E-state index contributed by atoms with van der Waals surface area (Å²) in [5, 5.41) is 20.2. The van der Waals surface area contributed by atoms with Gasteiger partial charge in [-0.15, -0.1) is 0 Å². The van der Waals surface area contributed by atoms with E-state index in [1.54, 1.807) is 49.6 Å². The molecule has 0 unspecified atom stereocenters. The smallest absolute Gasteiger partial charge is 0.407 e. The maximum atomic E-state index is 12.9. The van der Waals surface area contributed by atoms with Crippen LogP contribution < -0.4 is 16.0 Å². The Bertz CT molecular complexity index is 1330. The van der Waals surface area contributed by atoms with Crippen molar-refractivity contribution in [3.63, 3.8) is 0 Å². The number of nitrogens with zero attached hydrogens (tertiary/aromatic N) is 2. The summed E-state index contributed by atoms with van der Waals surface area (Å²) in [4.78, 5) is 50.9. The predicted octanol–water partition coefficient (Wildman–Crippen LogP) is 4.43. The Labute approximate surface area is 220 Å². The Morgan fingerprint density at radius 2 is 1.79 bits per heavy atom. The molecule has 204 valence electrons. The highest BCUT2D eigenvalue weighted by molar-refractivity contribution is 6.05. The number of benzene rings is 1. The minimum absolute atomic E-state index is 0.146. The molecule has 0 saturated carbocycles. The maximum Gasteiger partial charge on any atom is 0.407 e. The quantitative estimate of drug-likeness (QED) is 0.174. The number of alkyl carbamates (subject to hydrolysis) is 1. The topological polar surface area (TPSA) is 160 Å². The lowest BCUT2D eigenvalue weighted by Crippen LogP contribution is -2.34. The van der Waals surface area contributed by atoms with Crippen LogP contribution in [0.4, 0.5) is 16.2 Å². The van der Waals surface area contributed by atoms with E-state index in [4.69, 9.17) is 4.74 Å². The predicted molar refractivity (Wildman–Crippen MR) is 143 cm³/mol. The zero-order valence-corrected chi connectivity index (χ0v) is 22.2. The number of carbonyl (C=O) groups is 3. The van der Waals surface area contributed by atoms with Crippen molar-refractivity contribution in [1.29, 1.82) is 0 Å². The first-order chi connectivity index (χ1) is 17.8. The summed E-state index contributed by atoms with van der Waals surface area (Å²) in [6.45, 7) is 10.4. The van der Waals surface area contributed by atoms with Crippen LogP contribution in [0.15, 0.2) is 36.5 Å². The van der Waals surface area contributed by atoms with Gasteiger partial charge in [-0.25, -0.2) is 4.79 Å². The van der Waals surface area contributed by atoms with Crippen molar-refractivity contribution in [2.75, 3.05) is 18.4 Å². The van der Waals surface area contributed by atoms with Gasteiger partial charge in [-0.2, -0.15) is 0 Å². The van der Waals surface area contributed by atoms with Crippen molar-refractivity contribution in [3.05, 3.63) is 58.0 Å². The number of hydrogen-bond donors (Lipinski definition) is 4. The second-order valence-corrected chi connectivity index (χ2v) is 10.4. The molecule has 0 radical (unpaired) electrons. The molecule has 38 heavy (non-hydrogen) atoms. The fourth-order valence-corrected chi connectivity index (χ4v) is 3.74. The number of aromatic nitrogens is 2. The lowest BCUT2D eigenvalue weighted by atomic mass is 10.2. The molecule has 0 atom stereocenters. The number of nitrogens with one attached hydrogen (secondary N) is 4. The van der Waals surface area contributed by atoms with Gasteiger partial charge < -0.3 is 30.2 Å².